The second-order valence-electron chi connectivity index (χ2n) is 7.60. The Bertz CT molecular complexity index is 791. The predicted octanol–water partition coefficient (Wildman–Crippen LogP) is 3.86. The van der Waals surface area contributed by atoms with Gasteiger partial charge in [-0.1, -0.05) is 31.6 Å². The first-order valence-corrected chi connectivity index (χ1v) is 10.3. The van der Waals surface area contributed by atoms with E-state index in [1.165, 1.54) is 24.8 Å². The number of amides is 1. The van der Waals surface area contributed by atoms with Crippen LogP contribution in [0, 0.1) is 6.92 Å². The van der Waals surface area contributed by atoms with Gasteiger partial charge in [-0.2, -0.15) is 0 Å². The van der Waals surface area contributed by atoms with Gasteiger partial charge in [0.25, 0.3) is 5.91 Å². The zero-order valence-corrected chi connectivity index (χ0v) is 16.9. The van der Waals surface area contributed by atoms with Crippen LogP contribution in [0.4, 0.5) is 0 Å². The lowest BCUT2D eigenvalue weighted by atomic mass is 9.93. The van der Waals surface area contributed by atoms with E-state index in [-0.39, 0.29) is 5.91 Å². The number of nitrogens with one attached hydrogen (secondary N) is 2. The van der Waals surface area contributed by atoms with E-state index in [1.54, 1.807) is 6.07 Å². The van der Waals surface area contributed by atoms with E-state index < -0.39 is 0 Å². The van der Waals surface area contributed by atoms with Gasteiger partial charge in [0.2, 0.25) is 0 Å². The monoisotopic (exact) mass is 381 g/mol. The minimum Gasteiger partial charge on any atom is -0.508 e. The molecule has 3 aliphatic rings. The summed E-state index contributed by atoms with van der Waals surface area (Å²) in [6.07, 6.45) is 14.9. The smallest absolute Gasteiger partial charge is 0.250 e. The Hall–Kier alpha value is -2.53. The van der Waals surface area contributed by atoms with Crippen LogP contribution in [-0.2, 0) is 11.2 Å². The van der Waals surface area contributed by atoms with Gasteiger partial charge >= 0.3 is 0 Å². The summed E-state index contributed by atoms with van der Waals surface area (Å²) in [6.45, 7) is 4.74. The van der Waals surface area contributed by atoms with Crippen molar-refractivity contribution in [1.82, 2.24) is 15.8 Å². The van der Waals surface area contributed by atoms with Crippen molar-refractivity contribution in [3.05, 3.63) is 65.0 Å². The summed E-state index contributed by atoms with van der Waals surface area (Å²) in [6, 6.07) is 6.24. The Morgan fingerprint density at radius 1 is 1.32 bits per heavy atom. The van der Waals surface area contributed by atoms with Crippen LogP contribution in [0.2, 0.25) is 0 Å². The molecule has 1 aromatic carbocycles. The maximum Gasteiger partial charge on any atom is 0.250 e. The minimum absolute atomic E-state index is 0.0784. The quantitative estimate of drug-likeness (QED) is 0.725. The van der Waals surface area contributed by atoms with Crippen LogP contribution in [0.3, 0.4) is 0 Å². The molecule has 0 saturated heterocycles. The van der Waals surface area contributed by atoms with Crippen molar-refractivity contribution in [3.8, 4) is 5.75 Å². The number of nitrogens with zero attached hydrogens (tertiary/aromatic N) is 1. The number of benzene rings is 1. The molecule has 2 heterocycles. The number of hydrazine groups is 1. The Kier molecular flexibility index (Phi) is 6.93. The molecule has 0 aromatic heterocycles. The molecule has 1 aromatic rings. The van der Waals surface area contributed by atoms with Crippen LogP contribution in [0.15, 0.2) is 53.9 Å². The second-order valence-corrected chi connectivity index (χ2v) is 7.60. The summed E-state index contributed by atoms with van der Waals surface area (Å²) in [5, 5.41) is 14.2. The van der Waals surface area contributed by atoms with Gasteiger partial charge in [0.1, 0.15) is 5.75 Å². The third kappa shape index (κ3) is 5.04. The molecule has 5 nitrogen and oxygen atoms in total. The fourth-order valence-corrected chi connectivity index (χ4v) is 3.36. The maximum absolute atomic E-state index is 12.0. The molecule has 1 fully saturated rings. The van der Waals surface area contributed by atoms with Gasteiger partial charge in [0, 0.05) is 18.8 Å². The van der Waals surface area contributed by atoms with E-state index in [1.807, 2.05) is 42.4 Å². The van der Waals surface area contributed by atoms with Crippen molar-refractivity contribution in [1.29, 1.82) is 0 Å². The molecule has 3 N–H and O–H groups in total. The fourth-order valence-electron chi connectivity index (χ4n) is 3.36. The number of hydrogen-bond donors (Lipinski definition) is 3. The minimum atomic E-state index is 0.0784. The molecular weight excluding hydrogens is 350 g/mol. The van der Waals surface area contributed by atoms with Crippen LogP contribution in [-0.4, -0.2) is 28.6 Å². The van der Waals surface area contributed by atoms with Gasteiger partial charge in [0.15, 0.2) is 0 Å². The van der Waals surface area contributed by atoms with E-state index in [9.17, 15) is 9.90 Å². The zero-order chi connectivity index (χ0) is 19.9. The predicted molar refractivity (Wildman–Crippen MR) is 112 cm³/mol. The van der Waals surface area contributed by atoms with Gasteiger partial charge in [-0.05, 0) is 68.4 Å². The molecule has 1 aliphatic carbocycles. The van der Waals surface area contributed by atoms with Crippen LogP contribution >= 0.6 is 0 Å². The van der Waals surface area contributed by atoms with Crippen molar-refractivity contribution in [2.75, 3.05) is 6.54 Å². The summed E-state index contributed by atoms with van der Waals surface area (Å²) in [5.74, 6) is 0.477. The fraction of sp³-hybridized carbons (Fsp3) is 0.435. The van der Waals surface area contributed by atoms with E-state index in [0.717, 1.165) is 36.1 Å². The van der Waals surface area contributed by atoms with E-state index in [0.29, 0.717) is 18.3 Å². The van der Waals surface area contributed by atoms with Crippen molar-refractivity contribution in [2.24, 2.45) is 0 Å². The SMILES string of the molecule is CCCCc1ccc(O)c(C)c1.O=C(NC1CCC1)C1=C2C=CC=CN2NC1. The standard InChI is InChI=1S/C12H15N3O.C11H16O/c16-12(14-9-4-3-5-9)10-8-13-15-7-2-1-6-11(10)15;1-3-4-5-10-6-7-11(12)9(2)8-10/h1-2,6-7,9,13H,3-5,8H2,(H,14,16);6-8,12H,3-5H2,1-2H3. The number of rotatable bonds is 5. The molecule has 150 valence electrons. The number of hydrogen-bond acceptors (Lipinski definition) is 4. The summed E-state index contributed by atoms with van der Waals surface area (Å²) in [4.78, 5) is 12.0. The second kappa shape index (κ2) is 9.60. The molecule has 0 unspecified atom stereocenters. The number of allylic oxidation sites excluding steroid dienone is 3. The molecule has 0 spiro atoms. The Morgan fingerprint density at radius 3 is 2.82 bits per heavy atom. The highest BCUT2D eigenvalue weighted by Gasteiger charge is 2.27. The van der Waals surface area contributed by atoms with E-state index >= 15 is 0 Å². The highest BCUT2D eigenvalue weighted by molar-refractivity contribution is 5.95. The summed E-state index contributed by atoms with van der Waals surface area (Å²) in [7, 11) is 0. The number of carbonyl (C=O) groups excluding carboxylic acids is 1. The first-order chi connectivity index (χ1) is 13.6. The van der Waals surface area contributed by atoms with E-state index in [2.05, 4.69) is 23.7 Å². The number of fused-ring (bicyclic) bond motifs is 1. The third-order valence-electron chi connectivity index (χ3n) is 5.39. The highest BCUT2D eigenvalue weighted by atomic mass is 16.3. The molecule has 0 radical (unpaired) electrons. The molecular formula is C23H31N3O2. The first kappa shape index (κ1) is 20.2. The lowest BCUT2D eigenvalue weighted by Gasteiger charge is -2.26. The van der Waals surface area contributed by atoms with Crippen LogP contribution in [0.25, 0.3) is 0 Å². The number of phenolic OH excluding ortho intramolecular Hbond substituents is 1. The molecule has 2 aliphatic heterocycles. The topological polar surface area (TPSA) is 64.6 Å². The van der Waals surface area contributed by atoms with Gasteiger partial charge in [0.05, 0.1) is 11.3 Å². The van der Waals surface area contributed by atoms with Crippen molar-refractivity contribution in [3.63, 3.8) is 0 Å². The van der Waals surface area contributed by atoms with Crippen molar-refractivity contribution >= 4 is 5.91 Å². The van der Waals surface area contributed by atoms with Crippen molar-refractivity contribution in [2.45, 2.75) is 58.4 Å². The van der Waals surface area contributed by atoms with Crippen LogP contribution in [0.1, 0.15) is 50.2 Å². The molecule has 1 saturated carbocycles. The van der Waals surface area contributed by atoms with Gasteiger partial charge in [-0.3, -0.25) is 9.80 Å². The lowest BCUT2D eigenvalue weighted by molar-refractivity contribution is -0.118. The number of aromatic hydroxyl groups is 1. The molecule has 0 bridgehead atoms. The van der Waals surface area contributed by atoms with E-state index in [4.69, 9.17) is 0 Å². The molecule has 1 amide bonds. The summed E-state index contributed by atoms with van der Waals surface area (Å²) < 4.78 is 0. The van der Waals surface area contributed by atoms with Crippen LogP contribution in [0.5, 0.6) is 5.75 Å². The Morgan fingerprint density at radius 2 is 2.14 bits per heavy atom. The van der Waals surface area contributed by atoms with Gasteiger partial charge in [-0.15, -0.1) is 0 Å². The molecule has 4 rings (SSSR count). The maximum atomic E-state index is 12.0. The number of aryl methyl sites for hydroxylation is 2. The summed E-state index contributed by atoms with van der Waals surface area (Å²) >= 11 is 0. The lowest BCUT2D eigenvalue weighted by Crippen LogP contribution is -2.40. The molecule has 5 heteroatoms. The highest BCUT2D eigenvalue weighted by Crippen LogP contribution is 2.23. The molecule has 0 atom stereocenters. The Balaban J connectivity index is 0.000000169. The van der Waals surface area contributed by atoms with Gasteiger partial charge < -0.3 is 10.4 Å². The zero-order valence-electron chi connectivity index (χ0n) is 16.9. The number of unbranched alkanes of at least 4 members (excludes halogenated alkanes) is 1. The van der Waals surface area contributed by atoms with Gasteiger partial charge in [-0.25, -0.2) is 5.43 Å². The number of carbonyl (C=O) groups is 1. The third-order valence-corrected chi connectivity index (χ3v) is 5.39. The van der Waals surface area contributed by atoms with Crippen molar-refractivity contribution < 1.29 is 9.90 Å². The Labute approximate surface area is 167 Å². The average molecular weight is 382 g/mol. The first-order valence-electron chi connectivity index (χ1n) is 10.3. The largest absolute Gasteiger partial charge is 0.508 e. The normalized spacial score (nSPS) is 17.7. The average Bonchev–Trinajstić information content (AvgIpc) is 3.10. The number of phenols is 1. The van der Waals surface area contributed by atoms with Crippen LogP contribution < -0.4 is 10.7 Å². The summed E-state index contributed by atoms with van der Waals surface area (Å²) in [5.41, 5.74) is 7.27. The molecule has 28 heavy (non-hydrogen) atoms.